The molecule has 2 aromatic heterocycles. The average molecular weight is 414 g/mol. The van der Waals surface area contributed by atoms with Crippen LogP contribution in [0.5, 0.6) is 0 Å². The second kappa shape index (κ2) is 7.73. The van der Waals surface area contributed by atoms with Gasteiger partial charge in [0.1, 0.15) is 6.33 Å². The lowest BCUT2D eigenvalue weighted by Crippen LogP contribution is -2.35. The van der Waals surface area contributed by atoms with Gasteiger partial charge in [-0.25, -0.2) is 15.0 Å². The van der Waals surface area contributed by atoms with E-state index in [1.807, 2.05) is 12.1 Å². The normalized spacial score (nSPS) is 14.1. The zero-order valence-electron chi connectivity index (χ0n) is 15.1. The van der Waals surface area contributed by atoms with Crippen molar-refractivity contribution < 1.29 is 0 Å². The third-order valence-corrected chi connectivity index (χ3v) is 5.21. The average Bonchev–Trinajstić information content (AvgIpc) is 2.70. The Kier molecular flexibility index (Phi) is 5.15. The first kappa shape index (κ1) is 18.7. The van der Waals surface area contributed by atoms with Crippen LogP contribution in [0.2, 0.25) is 10.0 Å². The molecule has 0 unspecified atom stereocenters. The molecular formula is C20H17Cl2N5O. The molecule has 0 N–H and O–H groups in total. The zero-order chi connectivity index (χ0) is 19.7. The molecule has 0 bridgehead atoms. The van der Waals surface area contributed by atoms with Gasteiger partial charge in [-0.2, -0.15) is 0 Å². The van der Waals surface area contributed by atoms with Crippen LogP contribution in [-0.4, -0.2) is 32.6 Å². The standard InChI is InChI=1S/C20H17Cl2N5O/c1-26-19(28)10-18(17-6-7-23-12-24-17)25-20(26)27-8-2-3-13(11-27)15-5-4-14(21)9-16(15)22/h3-7,9-10,12H,2,8,11H2,1H3. The molecule has 0 saturated carbocycles. The highest BCUT2D eigenvalue weighted by molar-refractivity contribution is 6.35. The molecule has 1 aliphatic rings. The zero-order valence-corrected chi connectivity index (χ0v) is 16.7. The molecule has 28 heavy (non-hydrogen) atoms. The summed E-state index contributed by atoms with van der Waals surface area (Å²) in [5.74, 6) is 0.594. The van der Waals surface area contributed by atoms with Crippen molar-refractivity contribution in [3.05, 3.63) is 74.9 Å². The van der Waals surface area contributed by atoms with Crippen LogP contribution in [-0.2, 0) is 7.05 Å². The van der Waals surface area contributed by atoms with Crippen molar-refractivity contribution in [2.45, 2.75) is 6.42 Å². The van der Waals surface area contributed by atoms with Crippen LogP contribution in [0.1, 0.15) is 12.0 Å². The van der Waals surface area contributed by atoms with Crippen molar-refractivity contribution >= 4 is 34.7 Å². The monoisotopic (exact) mass is 413 g/mol. The summed E-state index contributed by atoms with van der Waals surface area (Å²) in [6.07, 6.45) is 6.06. The van der Waals surface area contributed by atoms with E-state index < -0.39 is 0 Å². The molecular weight excluding hydrogens is 397 g/mol. The summed E-state index contributed by atoms with van der Waals surface area (Å²) in [5, 5.41) is 1.21. The van der Waals surface area contributed by atoms with Crippen LogP contribution in [0.15, 0.2) is 53.7 Å². The first-order valence-electron chi connectivity index (χ1n) is 8.77. The van der Waals surface area contributed by atoms with Gasteiger partial charge in [-0.3, -0.25) is 9.36 Å². The van der Waals surface area contributed by atoms with Crippen molar-refractivity contribution in [3.8, 4) is 11.4 Å². The van der Waals surface area contributed by atoms with Crippen molar-refractivity contribution in [3.63, 3.8) is 0 Å². The van der Waals surface area contributed by atoms with Gasteiger partial charge in [0.25, 0.3) is 5.56 Å². The van der Waals surface area contributed by atoms with Gasteiger partial charge in [0.15, 0.2) is 0 Å². The summed E-state index contributed by atoms with van der Waals surface area (Å²) in [6.45, 7) is 1.34. The lowest BCUT2D eigenvalue weighted by molar-refractivity contribution is 0.726. The number of hydrogen-bond acceptors (Lipinski definition) is 5. The maximum Gasteiger partial charge on any atom is 0.255 e. The van der Waals surface area contributed by atoms with Crippen LogP contribution in [0.4, 0.5) is 5.95 Å². The SMILES string of the molecule is Cn1c(N2CCC=C(c3ccc(Cl)cc3Cl)C2)nc(-c2ccncn2)cc1=O. The smallest absolute Gasteiger partial charge is 0.255 e. The van der Waals surface area contributed by atoms with Gasteiger partial charge in [0, 0.05) is 42.4 Å². The van der Waals surface area contributed by atoms with Crippen LogP contribution in [0.3, 0.4) is 0 Å². The lowest BCUT2D eigenvalue weighted by Gasteiger charge is -2.30. The highest BCUT2D eigenvalue weighted by Crippen LogP contribution is 2.31. The Hall–Kier alpha value is -2.70. The Morgan fingerprint density at radius 1 is 1.11 bits per heavy atom. The van der Waals surface area contributed by atoms with Gasteiger partial charge < -0.3 is 4.90 Å². The van der Waals surface area contributed by atoms with E-state index in [0.717, 1.165) is 24.1 Å². The van der Waals surface area contributed by atoms with Crippen molar-refractivity contribution in [2.24, 2.45) is 7.05 Å². The van der Waals surface area contributed by atoms with E-state index in [1.54, 1.807) is 29.9 Å². The molecule has 0 fully saturated rings. The topological polar surface area (TPSA) is 63.9 Å². The molecule has 0 saturated heterocycles. The molecule has 1 aromatic carbocycles. The maximum absolute atomic E-state index is 12.5. The molecule has 3 aromatic rings. The van der Waals surface area contributed by atoms with Crippen molar-refractivity contribution in [2.75, 3.05) is 18.0 Å². The summed E-state index contributed by atoms with van der Waals surface area (Å²) in [7, 11) is 1.72. The largest absolute Gasteiger partial charge is 0.338 e. The van der Waals surface area contributed by atoms with E-state index in [-0.39, 0.29) is 5.56 Å². The minimum absolute atomic E-state index is 0.140. The predicted octanol–water partition coefficient (Wildman–Crippen LogP) is 3.84. The summed E-state index contributed by atoms with van der Waals surface area (Å²) < 4.78 is 1.55. The van der Waals surface area contributed by atoms with E-state index in [2.05, 4.69) is 20.9 Å². The van der Waals surface area contributed by atoms with Crippen LogP contribution in [0, 0.1) is 0 Å². The fourth-order valence-electron chi connectivity index (χ4n) is 3.24. The molecule has 0 spiro atoms. The summed E-state index contributed by atoms with van der Waals surface area (Å²) in [5.41, 5.74) is 3.02. The molecule has 1 aliphatic heterocycles. The summed E-state index contributed by atoms with van der Waals surface area (Å²) in [6, 6.07) is 8.71. The Balaban J connectivity index is 1.71. The predicted molar refractivity (Wildman–Crippen MR) is 112 cm³/mol. The Labute approximate surface area is 172 Å². The van der Waals surface area contributed by atoms with Gasteiger partial charge in [-0.15, -0.1) is 0 Å². The number of hydrogen-bond donors (Lipinski definition) is 0. The molecule has 4 rings (SSSR count). The third-order valence-electron chi connectivity index (χ3n) is 4.67. The molecule has 6 nitrogen and oxygen atoms in total. The van der Waals surface area contributed by atoms with Gasteiger partial charge in [-0.1, -0.05) is 35.3 Å². The summed E-state index contributed by atoms with van der Waals surface area (Å²) in [4.78, 5) is 27.4. The fraction of sp³-hybridized carbons (Fsp3) is 0.200. The molecule has 0 radical (unpaired) electrons. The number of benzene rings is 1. The second-order valence-electron chi connectivity index (χ2n) is 6.50. The molecule has 142 valence electrons. The van der Waals surface area contributed by atoms with Crippen LogP contribution >= 0.6 is 23.2 Å². The quantitative estimate of drug-likeness (QED) is 0.652. The van der Waals surface area contributed by atoms with Gasteiger partial charge in [-0.05, 0) is 35.8 Å². The number of rotatable bonds is 3. The highest BCUT2D eigenvalue weighted by atomic mass is 35.5. The molecule has 0 atom stereocenters. The van der Waals surface area contributed by atoms with Gasteiger partial charge in [0.2, 0.25) is 5.95 Å². The first-order chi connectivity index (χ1) is 13.5. The molecule has 8 heteroatoms. The van der Waals surface area contributed by atoms with E-state index in [9.17, 15) is 4.79 Å². The first-order valence-corrected chi connectivity index (χ1v) is 9.52. The third kappa shape index (κ3) is 3.66. The number of nitrogens with zero attached hydrogens (tertiary/aromatic N) is 5. The Bertz CT molecular complexity index is 1110. The minimum Gasteiger partial charge on any atom is -0.338 e. The van der Waals surface area contributed by atoms with Crippen LogP contribution < -0.4 is 10.5 Å². The molecule has 3 heterocycles. The number of anilines is 1. The number of aromatic nitrogens is 4. The van der Waals surface area contributed by atoms with Gasteiger partial charge in [0.05, 0.1) is 11.4 Å². The van der Waals surface area contributed by atoms with E-state index in [0.29, 0.717) is 33.9 Å². The van der Waals surface area contributed by atoms with E-state index >= 15 is 0 Å². The van der Waals surface area contributed by atoms with Gasteiger partial charge >= 0.3 is 0 Å². The van der Waals surface area contributed by atoms with E-state index in [1.165, 1.54) is 12.4 Å². The van der Waals surface area contributed by atoms with Crippen molar-refractivity contribution in [1.82, 2.24) is 19.5 Å². The minimum atomic E-state index is -0.140. The van der Waals surface area contributed by atoms with E-state index in [4.69, 9.17) is 28.2 Å². The molecule has 0 aliphatic carbocycles. The Morgan fingerprint density at radius 2 is 1.96 bits per heavy atom. The maximum atomic E-state index is 12.5. The lowest BCUT2D eigenvalue weighted by atomic mass is 10.0. The highest BCUT2D eigenvalue weighted by Gasteiger charge is 2.20. The Morgan fingerprint density at radius 3 is 2.71 bits per heavy atom. The summed E-state index contributed by atoms with van der Waals surface area (Å²) >= 11 is 12.4. The second-order valence-corrected chi connectivity index (χ2v) is 7.34. The fourth-order valence-corrected chi connectivity index (χ4v) is 3.77. The van der Waals surface area contributed by atoms with Crippen molar-refractivity contribution in [1.29, 1.82) is 0 Å². The van der Waals surface area contributed by atoms with Crippen LogP contribution in [0.25, 0.3) is 17.0 Å². The number of halogens is 2. The molecule has 0 amide bonds.